The number of carbonyl (C=O) groups excluding carboxylic acids is 1. The van der Waals surface area contributed by atoms with Crippen molar-refractivity contribution in [3.8, 4) is 0 Å². The quantitative estimate of drug-likeness (QED) is 0.593. The van der Waals surface area contributed by atoms with Crippen LogP contribution in [0.15, 0.2) is 18.2 Å². The van der Waals surface area contributed by atoms with Crippen molar-refractivity contribution < 1.29 is 9.72 Å². The van der Waals surface area contributed by atoms with Gasteiger partial charge in [-0.15, -0.1) is 0 Å². The maximum atomic E-state index is 12.5. The van der Waals surface area contributed by atoms with Crippen molar-refractivity contribution in [3.05, 3.63) is 38.9 Å². The minimum Gasteiger partial charge on any atom is -0.338 e. The molecule has 0 heterocycles. The maximum absolute atomic E-state index is 12.5. The minimum atomic E-state index is -0.555. The van der Waals surface area contributed by atoms with Gasteiger partial charge in [0.25, 0.3) is 11.6 Å². The van der Waals surface area contributed by atoms with Crippen LogP contribution in [0.4, 0.5) is 5.69 Å². The van der Waals surface area contributed by atoms with Gasteiger partial charge in [0.15, 0.2) is 0 Å². The molecule has 1 unspecified atom stereocenters. The van der Waals surface area contributed by atoms with E-state index in [1.807, 2.05) is 20.8 Å². The number of hydrogen-bond acceptors (Lipinski definition) is 3. The SMILES string of the molecule is CCC(C)CN(CC)C(=O)c1cc(Cl)ccc1[N+](=O)[O-]. The number of carbonyl (C=O) groups is 1. The van der Waals surface area contributed by atoms with Crippen LogP contribution in [0.5, 0.6) is 0 Å². The van der Waals surface area contributed by atoms with Gasteiger partial charge in [0.05, 0.1) is 4.92 Å². The highest BCUT2D eigenvalue weighted by Crippen LogP contribution is 2.24. The van der Waals surface area contributed by atoms with E-state index in [1.165, 1.54) is 18.2 Å². The summed E-state index contributed by atoms with van der Waals surface area (Å²) in [6, 6.07) is 4.05. The molecule has 0 radical (unpaired) electrons. The molecule has 1 aromatic rings. The molecule has 0 aromatic heterocycles. The Kier molecular flexibility index (Phi) is 5.95. The fourth-order valence-electron chi connectivity index (χ4n) is 1.87. The van der Waals surface area contributed by atoms with Crippen LogP contribution in [0.3, 0.4) is 0 Å². The van der Waals surface area contributed by atoms with Crippen molar-refractivity contribution in [1.29, 1.82) is 0 Å². The lowest BCUT2D eigenvalue weighted by atomic mass is 10.1. The number of nitro groups is 1. The van der Waals surface area contributed by atoms with Gasteiger partial charge in [0, 0.05) is 24.2 Å². The number of nitro benzene ring substituents is 1. The Hall–Kier alpha value is -1.62. The molecule has 0 aliphatic heterocycles. The average molecular weight is 299 g/mol. The first kappa shape index (κ1) is 16.4. The van der Waals surface area contributed by atoms with Gasteiger partial charge < -0.3 is 4.90 Å². The third kappa shape index (κ3) is 3.93. The van der Waals surface area contributed by atoms with E-state index in [-0.39, 0.29) is 17.2 Å². The van der Waals surface area contributed by atoms with Crippen LogP contribution < -0.4 is 0 Å². The molecule has 20 heavy (non-hydrogen) atoms. The third-order valence-electron chi connectivity index (χ3n) is 3.28. The van der Waals surface area contributed by atoms with Gasteiger partial charge in [-0.25, -0.2) is 0 Å². The number of benzene rings is 1. The lowest BCUT2D eigenvalue weighted by Crippen LogP contribution is -2.34. The van der Waals surface area contributed by atoms with Crippen LogP contribution in [0.25, 0.3) is 0 Å². The highest BCUT2D eigenvalue weighted by atomic mass is 35.5. The molecule has 6 heteroatoms. The first-order chi connectivity index (χ1) is 9.40. The second-order valence-electron chi connectivity index (χ2n) is 4.78. The summed E-state index contributed by atoms with van der Waals surface area (Å²) in [6.07, 6.45) is 0.946. The third-order valence-corrected chi connectivity index (χ3v) is 3.52. The van der Waals surface area contributed by atoms with Crippen molar-refractivity contribution in [2.24, 2.45) is 5.92 Å². The molecule has 1 rings (SSSR count). The molecule has 0 bridgehead atoms. The van der Waals surface area contributed by atoms with Crippen LogP contribution >= 0.6 is 11.6 Å². The highest BCUT2D eigenvalue weighted by Gasteiger charge is 2.25. The molecular weight excluding hydrogens is 280 g/mol. The fourth-order valence-corrected chi connectivity index (χ4v) is 2.04. The van der Waals surface area contributed by atoms with Gasteiger partial charge in [-0.05, 0) is 25.0 Å². The predicted molar refractivity (Wildman–Crippen MR) is 79.1 cm³/mol. The van der Waals surface area contributed by atoms with Crippen LogP contribution in [-0.2, 0) is 0 Å². The smallest absolute Gasteiger partial charge is 0.282 e. The van der Waals surface area contributed by atoms with Crippen LogP contribution in [-0.4, -0.2) is 28.8 Å². The number of amides is 1. The van der Waals surface area contributed by atoms with Gasteiger partial charge >= 0.3 is 0 Å². The normalized spacial score (nSPS) is 12.0. The molecular formula is C14H19ClN2O3. The Balaban J connectivity index is 3.11. The van der Waals surface area contributed by atoms with E-state index in [0.29, 0.717) is 24.0 Å². The van der Waals surface area contributed by atoms with E-state index in [1.54, 1.807) is 4.90 Å². The minimum absolute atomic E-state index is 0.0488. The standard InChI is InChI=1S/C14H19ClN2O3/c1-4-10(3)9-16(5-2)14(18)12-8-11(15)6-7-13(12)17(19)20/h6-8,10H,4-5,9H2,1-3H3. The average Bonchev–Trinajstić information content (AvgIpc) is 2.43. The molecule has 1 atom stereocenters. The summed E-state index contributed by atoms with van der Waals surface area (Å²) in [5.74, 6) is -0.000796. The molecule has 1 amide bonds. The van der Waals surface area contributed by atoms with Crippen molar-refractivity contribution in [3.63, 3.8) is 0 Å². The fraction of sp³-hybridized carbons (Fsp3) is 0.500. The maximum Gasteiger partial charge on any atom is 0.282 e. The number of nitrogens with zero attached hydrogens (tertiary/aromatic N) is 2. The summed E-state index contributed by atoms with van der Waals surface area (Å²) < 4.78 is 0. The molecule has 0 spiro atoms. The molecule has 0 aliphatic rings. The van der Waals surface area contributed by atoms with Gasteiger partial charge in [-0.3, -0.25) is 14.9 Å². The van der Waals surface area contributed by atoms with Gasteiger partial charge in [-0.2, -0.15) is 0 Å². The van der Waals surface area contributed by atoms with Crippen molar-refractivity contribution >= 4 is 23.2 Å². The van der Waals surface area contributed by atoms with E-state index in [2.05, 4.69) is 0 Å². The Morgan fingerprint density at radius 2 is 2.10 bits per heavy atom. The molecule has 0 saturated heterocycles. The molecule has 0 N–H and O–H groups in total. The zero-order valence-electron chi connectivity index (χ0n) is 11.9. The van der Waals surface area contributed by atoms with Crippen LogP contribution in [0, 0.1) is 16.0 Å². The zero-order valence-corrected chi connectivity index (χ0v) is 12.7. The summed E-state index contributed by atoms with van der Waals surface area (Å²) in [7, 11) is 0. The molecule has 0 fully saturated rings. The summed E-state index contributed by atoms with van der Waals surface area (Å²) >= 11 is 5.85. The summed E-state index contributed by atoms with van der Waals surface area (Å²) in [4.78, 5) is 24.5. The highest BCUT2D eigenvalue weighted by molar-refractivity contribution is 6.31. The van der Waals surface area contributed by atoms with Gasteiger partial charge in [0.1, 0.15) is 5.56 Å². The Morgan fingerprint density at radius 1 is 1.45 bits per heavy atom. The Bertz CT molecular complexity index is 505. The number of hydrogen-bond donors (Lipinski definition) is 0. The molecule has 0 aliphatic carbocycles. The Morgan fingerprint density at radius 3 is 2.60 bits per heavy atom. The summed E-state index contributed by atoms with van der Waals surface area (Å²) in [5.41, 5.74) is -0.158. The molecule has 5 nitrogen and oxygen atoms in total. The largest absolute Gasteiger partial charge is 0.338 e. The second kappa shape index (κ2) is 7.24. The summed E-state index contributed by atoms with van der Waals surface area (Å²) in [5, 5.41) is 11.3. The number of rotatable bonds is 6. The lowest BCUT2D eigenvalue weighted by molar-refractivity contribution is -0.385. The van der Waals surface area contributed by atoms with Crippen LogP contribution in [0.2, 0.25) is 5.02 Å². The van der Waals surface area contributed by atoms with Crippen molar-refractivity contribution in [1.82, 2.24) is 4.90 Å². The molecule has 0 saturated carbocycles. The van der Waals surface area contributed by atoms with E-state index >= 15 is 0 Å². The van der Waals surface area contributed by atoms with E-state index < -0.39 is 4.92 Å². The van der Waals surface area contributed by atoms with Crippen molar-refractivity contribution in [2.45, 2.75) is 27.2 Å². The van der Waals surface area contributed by atoms with Gasteiger partial charge in [0.2, 0.25) is 0 Å². The van der Waals surface area contributed by atoms with Crippen molar-refractivity contribution in [2.75, 3.05) is 13.1 Å². The predicted octanol–water partition coefficient (Wildman–Crippen LogP) is 3.76. The number of halogens is 1. The molecule has 1 aromatic carbocycles. The van der Waals surface area contributed by atoms with E-state index in [0.717, 1.165) is 6.42 Å². The monoisotopic (exact) mass is 298 g/mol. The first-order valence-corrected chi connectivity index (χ1v) is 7.01. The molecule has 110 valence electrons. The van der Waals surface area contributed by atoms with E-state index in [9.17, 15) is 14.9 Å². The first-order valence-electron chi connectivity index (χ1n) is 6.63. The summed E-state index contributed by atoms with van der Waals surface area (Å²) in [6.45, 7) is 7.03. The lowest BCUT2D eigenvalue weighted by Gasteiger charge is -2.24. The second-order valence-corrected chi connectivity index (χ2v) is 5.21. The van der Waals surface area contributed by atoms with E-state index in [4.69, 9.17) is 11.6 Å². The zero-order chi connectivity index (χ0) is 15.3. The Labute approximate surface area is 123 Å². The van der Waals surface area contributed by atoms with Gasteiger partial charge in [-0.1, -0.05) is 31.9 Å². The van der Waals surface area contributed by atoms with Crippen LogP contribution in [0.1, 0.15) is 37.6 Å². The topological polar surface area (TPSA) is 63.5 Å².